The molecule has 1 N–H and O–H groups in total. The van der Waals surface area contributed by atoms with Gasteiger partial charge in [0.2, 0.25) is 0 Å². The molecule has 0 saturated heterocycles. The second kappa shape index (κ2) is 6.21. The Labute approximate surface area is 103 Å². The Hall–Kier alpha value is -1.60. The summed E-state index contributed by atoms with van der Waals surface area (Å²) in [5.41, 5.74) is 1.79. The summed E-state index contributed by atoms with van der Waals surface area (Å²) in [6.45, 7) is 8.46. The van der Waals surface area contributed by atoms with E-state index in [-0.39, 0.29) is 0 Å². The van der Waals surface area contributed by atoms with Crippen LogP contribution in [0.1, 0.15) is 32.2 Å². The molecule has 0 aromatic carbocycles. The van der Waals surface area contributed by atoms with Crippen molar-refractivity contribution in [2.24, 2.45) is 0 Å². The number of aryl methyl sites for hydroxylation is 1. The van der Waals surface area contributed by atoms with E-state index in [0.29, 0.717) is 18.3 Å². The lowest BCUT2D eigenvalue weighted by atomic mass is 10.2. The minimum absolute atomic E-state index is 0.388. The highest BCUT2D eigenvalue weighted by Crippen LogP contribution is 2.18. The molecule has 0 radical (unpaired) electrons. The monoisotopic (exact) mass is 233 g/mol. The molecule has 0 saturated carbocycles. The van der Waals surface area contributed by atoms with E-state index in [4.69, 9.17) is 10.00 Å². The molecule has 0 spiro atoms. The number of aromatic nitrogens is 1. The summed E-state index contributed by atoms with van der Waals surface area (Å²) in [5.74, 6) is 0.679. The van der Waals surface area contributed by atoms with Crippen LogP contribution >= 0.6 is 0 Å². The van der Waals surface area contributed by atoms with Crippen LogP contribution in [0.4, 0.5) is 0 Å². The van der Waals surface area contributed by atoms with Gasteiger partial charge in [-0.15, -0.1) is 0 Å². The average molecular weight is 233 g/mol. The van der Waals surface area contributed by atoms with Gasteiger partial charge < -0.3 is 10.1 Å². The lowest BCUT2D eigenvalue weighted by Gasteiger charge is -2.14. The summed E-state index contributed by atoms with van der Waals surface area (Å²) in [7, 11) is 0. The van der Waals surface area contributed by atoms with Gasteiger partial charge in [0, 0.05) is 18.3 Å². The number of hydrogen-bond donors (Lipinski definition) is 1. The van der Waals surface area contributed by atoms with Crippen molar-refractivity contribution in [2.45, 2.75) is 46.4 Å². The molecule has 1 aromatic rings. The van der Waals surface area contributed by atoms with Crippen LogP contribution in [-0.4, -0.2) is 17.1 Å². The lowest BCUT2D eigenvalue weighted by Crippen LogP contribution is -2.23. The molecule has 1 rings (SSSR count). The van der Waals surface area contributed by atoms with E-state index >= 15 is 0 Å². The molecule has 1 unspecified atom stereocenters. The van der Waals surface area contributed by atoms with E-state index < -0.39 is 6.10 Å². The third-order valence-electron chi connectivity index (χ3n) is 2.23. The predicted octanol–water partition coefficient (Wildman–Crippen LogP) is 2.18. The maximum absolute atomic E-state index is 8.75. The fourth-order valence-corrected chi connectivity index (χ4v) is 1.35. The molecule has 4 nitrogen and oxygen atoms in total. The summed E-state index contributed by atoms with van der Waals surface area (Å²) in [5, 5.41) is 12.0. The van der Waals surface area contributed by atoms with Gasteiger partial charge in [0.05, 0.1) is 5.69 Å². The molecule has 1 atom stereocenters. The van der Waals surface area contributed by atoms with Gasteiger partial charge in [-0.1, -0.05) is 13.8 Å². The Morgan fingerprint density at radius 3 is 2.71 bits per heavy atom. The van der Waals surface area contributed by atoms with Crippen molar-refractivity contribution < 1.29 is 4.74 Å². The molecule has 4 heteroatoms. The molecule has 0 fully saturated rings. The number of ether oxygens (including phenoxy) is 1. The van der Waals surface area contributed by atoms with Gasteiger partial charge >= 0.3 is 0 Å². The van der Waals surface area contributed by atoms with Gasteiger partial charge in [0.25, 0.3) is 0 Å². The van der Waals surface area contributed by atoms with Crippen LogP contribution < -0.4 is 10.1 Å². The van der Waals surface area contributed by atoms with E-state index in [0.717, 1.165) is 11.4 Å². The van der Waals surface area contributed by atoms with Crippen molar-refractivity contribution in [2.75, 3.05) is 0 Å². The molecule has 92 valence electrons. The molecule has 0 aliphatic rings. The summed E-state index contributed by atoms with van der Waals surface area (Å²) >= 11 is 0. The van der Waals surface area contributed by atoms with Crippen LogP contribution in [-0.2, 0) is 6.54 Å². The third kappa shape index (κ3) is 4.41. The minimum atomic E-state index is -0.461. The minimum Gasteiger partial charge on any atom is -0.474 e. The van der Waals surface area contributed by atoms with E-state index in [1.165, 1.54) is 0 Å². The summed E-state index contributed by atoms with van der Waals surface area (Å²) < 4.78 is 5.52. The lowest BCUT2D eigenvalue weighted by molar-refractivity contribution is 0.271. The number of nitriles is 1. The third-order valence-corrected chi connectivity index (χ3v) is 2.23. The zero-order valence-corrected chi connectivity index (χ0v) is 10.8. The van der Waals surface area contributed by atoms with Crippen LogP contribution in [0.25, 0.3) is 0 Å². The van der Waals surface area contributed by atoms with Crippen LogP contribution in [0.5, 0.6) is 5.75 Å². The van der Waals surface area contributed by atoms with Crippen molar-refractivity contribution in [3.8, 4) is 11.8 Å². The first-order chi connectivity index (χ1) is 8.02. The SMILES string of the molecule is Cc1ccc(OC(C)C#N)c(CNC(C)C)n1. The van der Waals surface area contributed by atoms with Crippen molar-refractivity contribution in [3.63, 3.8) is 0 Å². The Morgan fingerprint density at radius 1 is 1.41 bits per heavy atom. The first-order valence-electron chi connectivity index (χ1n) is 5.79. The Kier molecular flexibility index (Phi) is 4.92. The normalized spacial score (nSPS) is 12.2. The van der Waals surface area contributed by atoms with Crippen molar-refractivity contribution in [3.05, 3.63) is 23.5 Å². The molecule has 0 aliphatic heterocycles. The molecular weight excluding hydrogens is 214 g/mol. The zero-order chi connectivity index (χ0) is 12.8. The molecule has 1 heterocycles. The van der Waals surface area contributed by atoms with E-state index in [1.807, 2.05) is 25.1 Å². The van der Waals surface area contributed by atoms with Crippen LogP contribution in [0, 0.1) is 18.3 Å². The standard InChI is InChI=1S/C13H19N3O/c1-9(2)15-8-12-13(17-11(4)7-14)6-5-10(3)16-12/h5-6,9,11,15H,8H2,1-4H3. The van der Waals surface area contributed by atoms with Crippen LogP contribution in [0.15, 0.2) is 12.1 Å². The Morgan fingerprint density at radius 2 is 2.12 bits per heavy atom. The molecule has 0 bridgehead atoms. The highest BCUT2D eigenvalue weighted by atomic mass is 16.5. The number of hydrogen-bond acceptors (Lipinski definition) is 4. The summed E-state index contributed by atoms with van der Waals surface area (Å²) in [4.78, 5) is 4.44. The highest BCUT2D eigenvalue weighted by molar-refractivity contribution is 5.29. The second-order valence-electron chi connectivity index (χ2n) is 4.32. The molecule has 0 amide bonds. The number of pyridine rings is 1. The zero-order valence-electron chi connectivity index (χ0n) is 10.8. The van der Waals surface area contributed by atoms with Crippen LogP contribution in [0.3, 0.4) is 0 Å². The average Bonchev–Trinajstić information content (AvgIpc) is 2.29. The van der Waals surface area contributed by atoms with Crippen molar-refractivity contribution >= 4 is 0 Å². The Bertz CT molecular complexity index is 410. The van der Waals surface area contributed by atoms with Crippen molar-refractivity contribution in [1.29, 1.82) is 5.26 Å². The molecule has 17 heavy (non-hydrogen) atoms. The maximum atomic E-state index is 8.75. The number of rotatable bonds is 5. The molecule has 1 aromatic heterocycles. The molecule has 0 aliphatic carbocycles. The van der Waals surface area contributed by atoms with Gasteiger partial charge in [-0.05, 0) is 26.0 Å². The quantitative estimate of drug-likeness (QED) is 0.846. The van der Waals surface area contributed by atoms with Gasteiger partial charge in [0.15, 0.2) is 6.10 Å². The van der Waals surface area contributed by atoms with Gasteiger partial charge in [-0.2, -0.15) is 5.26 Å². The van der Waals surface area contributed by atoms with Gasteiger partial charge in [-0.3, -0.25) is 4.98 Å². The first-order valence-corrected chi connectivity index (χ1v) is 5.79. The largest absolute Gasteiger partial charge is 0.474 e. The summed E-state index contributed by atoms with van der Waals surface area (Å²) in [6, 6.07) is 6.19. The van der Waals surface area contributed by atoms with Crippen molar-refractivity contribution in [1.82, 2.24) is 10.3 Å². The fraction of sp³-hybridized carbons (Fsp3) is 0.538. The predicted molar refractivity (Wildman–Crippen MR) is 66.7 cm³/mol. The van der Waals surface area contributed by atoms with E-state index in [9.17, 15) is 0 Å². The fourth-order valence-electron chi connectivity index (χ4n) is 1.35. The first kappa shape index (κ1) is 13.5. The highest BCUT2D eigenvalue weighted by Gasteiger charge is 2.09. The van der Waals surface area contributed by atoms with Gasteiger partial charge in [0.1, 0.15) is 11.8 Å². The van der Waals surface area contributed by atoms with Crippen LogP contribution in [0.2, 0.25) is 0 Å². The number of nitrogens with zero attached hydrogens (tertiary/aromatic N) is 2. The second-order valence-corrected chi connectivity index (χ2v) is 4.32. The Balaban J connectivity index is 2.84. The number of nitrogens with one attached hydrogen (secondary N) is 1. The van der Waals surface area contributed by atoms with Gasteiger partial charge in [-0.25, -0.2) is 0 Å². The topological polar surface area (TPSA) is 57.9 Å². The summed E-state index contributed by atoms with van der Waals surface area (Å²) in [6.07, 6.45) is -0.461. The van der Waals surface area contributed by atoms with E-state index in [2.05, 4.69) is 24.1 Å². The maximum Gasteiger partial charge on any atom is 0.181 e. The smallest absolute Gasteiger partial charge is 0.181 e. The van der Waals surface area contributed by atoms with E-state index in [1.54, 1.807) is 6.92 Å². The molecular formula is C13H19N3O.